The van der Waals surface area contributed by atoms with Crippen molar-refractivity contribution >= 4 is 45.5 Å². The van der Waals surface area contributed by atoms with Gasteiger partial charge in [0.1, 0.15) is 11.6 Å². The van der Waals surface area contributed by atoms with Crippen molar-refractivity contribution in [1.29, 1.82) is 0 Å². The number of carbonyl (C=O) groups is 1. The molecule has 0 spiro atoms. The summed E-state index contributed by atoms with van der Waals surface area (Å²) in [6.45, 7) is 5.88. The van der Waals surface area contributed by atoms with E-state index >= 15 is 0 Å². The smallest absolute Gasteiger partial charge is 0.274 e. The molecule has 0 fully saturated rings. The van der Waals surface area contributed by atoms with Crippen molar-refractivity contribution in [3.05, 3.63) is 64.1 Å². The third kappa shape index (κ3) is 6.11. The summed E-state index contributed by atoms with van der Waals surface area (Å²) in [7, 11) is 0. The highest BCUT2D eigenvalue weighted by Crippen LogP contribution is 2.33. The fraction of sp³-hybridized carbons (Fsp3) is 0.357. The van der Waals surface area contributed by atoms with Crippen LogP contribution in [0.1, 0.15) is 38.7 Å². The number of rotatable bonds is 9. The van der Waals surface area contributed by atoms with Crippen LogP contribution < -0.4 is 11.3 Å². The number of hydrogen-bond donors (Lipinski definition) is 1. The molecule has 2 N–H and O–H groups in total. The Morgan fingerprint density at radius 3 is 2.54 bits per heavy atom. The summed E-state index contributed by atoms with van der Waals surface area (Å²) in [6.07, 6.45) is 7.29. The second-order valence-corrected chi connectivity index (χ2v) is 10.8. The van der Waals surface area contributed by atoms with Gasteiger partial charge < -0.3 is 15.2 Å². The Morgan fingerprint density at radius 2 is 1.84 bits per heavy atom. The summed E-state index contributed by atoms with van der Waals surface area (Å²) in [5, 5.41) is 5.55. The predicted molar refractivity (Wildman–Crippen MR) is 151 cm³/mol. The number of amidine groups is 1. The second kappa shape index (κ2) is 11.7. The molecule has 0 radical (unpaired) electrons. The minimum atomic E-state index is -0.996. The number of benzene rings is 2. The highest BCUT2D eigenvalue weighted by atomic mass is 32.2. The molecule has 1 aliphatic heterocycles. The van der Waals surface area contributed by atoms with Crippen molar-refractivity contribution in [2.75, 3.05) is 25.1 Å². The normalized spacial score (nSPS) is 13.9. The van der Waals surface area contributed by atoms with Crippen LogP contribution in [0.25, 0.3) is 28.0 Å². The van der Waals surface area contributed by atoms with Gasteiger partial charge in [0, 0.05) is 36.0 Å². The van der Waals surface area contributed by atoms with Crippen LogP contribution in [-0.2, 0) is 22.5 Å². The average molecular weight is 520 g/mol. The van der Waals surface area contributed by atoms with Crippen LogP contribution in [-0.4, -0.2) is 56.1 Å². The van der Waals surface area contributed by atoms with Crippen molar-refractivity contribution in [3.63, 3.8) is 0 Å². The number of fused-ring (bicyclic) bond motifs is 2. The van der Waals surface area contributed by atoms with Crippen molar-refractivity contribution in [1.82, 2.24) is 14.7 Å². The molecule has 37 heavy (non-hydrogen) atoms. The maximum absolute atomic E-state index is 13.2. The average Bonchev–Trinajstić information content (AvgIpc) is 3.04. The zero-order valence-corrected chi connectivity index (χ0v) is 22.4. The van der Waals surface area contributed by atoms with Gasteiger partial charge in [0.05, 0.1) is 30.1 Å². The number of aromatic nitrogens is 2. The van der Waals surface area contributed by atoms with Gasteiger partial charge in [0.25, 0.3) is 5.56 Å². The highest BCUT2D eigenvalue weighted by Gasteiger charge is 2.21. The van der Waals surface area contributed by atoms with Crippen molar-refractivity contribution in [2.24, 2.45) is 10.7 Å². The zero-order chi connectivity index (χ0) is 26.5. The molecular formula is C28H33N5O3S. The summed E-state index contributed by atoms with van der Waals surface area (Å²) >= 11 is -0.996. The molecule has 0 saturated heterocycles. The van der Waals surface area contributed by atoms with Gasteiger partial charge in [-0.1, -0.05) is 43.2 Å². The molecule has 1 aliphatic rings. The maximum atomic E-state index is 13.2. The maximum Gasteiger partial charge on any atom is 0.274 e. The number of nitrogens with zero attached hydrogens (tertiary/aromatic N) is 4. The van der Waals surface area contributed by atoms with Crippen LogP contribution in [0.15, 0.2) is 58.0 Å². The summed E-state index contributed by atoms with van der Waals surface area (Å²) in [6, 6.07) is 11.5. The number of hydrogen-bond acceptors (Lipinski definition) is 6. The molecule has 1 aromatic heterocycles. The lowest BCUT2D eigenvalue weighted by molar-refractivity contribution is -0.127. The van der Waals surface area contributed by atoms with Crippen LogP contribution >= 0.6 is 0 Å². The van der Waals surface area contributed by atoms with Gasteiger partial charge in [0.2, 0.25) is 5.91 Å². The van der Waals surface area contributed by atoms with Crippen molar-refractivity contribution in [2.45, 2.75) is 39.7 Å². The Morgan fingerprint density at radius 1 is 1.14 bits per heavy atom. The van der Waals surface area contributed by atoms with Crippen LogP contribution in [0.2, 0.25) is 0 Å². The van der Waals surface area contributed by atoms with E-state index < -0.39 is 11.2 Å². The fourth-order valence-electron chi connectivity index (χ4n) is 4.51. The molecule has 2 heterocycles. The molecule has 4 rings (SSSR count). The lowest BCUT2D eigenvalue weighted by atomic mass is 9.99. The molecule has 0 aliphatic carbocycles. The quantitative estimate of drug-likeness (QED) is 0.431. The first-order valence-corrected chi connectivity index (χ1v) is 14.3. The van der Waals surface area contributed by atoms with E-state index in [1.165, 1.54) is 4.68 Å². The fourth-order valence-corrected chi connectivity index (χ4v) is 4.94. The van der Waals surface area contributed by atoms with Crippen molar-refractivity contribution in [3.8, 4) is 11.1 Å². The van der Waals surface area contributed by atoms with E-state index in [9.17, 15) is 14.1 Å². The van der Waals surface area contributed by atoms with Gasteiger partial charge in [-0.15, -0.1) is 0 Å². The molecule has 0 saturated carbocycles. The van der Waals surface area contributed by atoms with E-state index in [-0.39, 0.29) is 11.5 Å². The predicted octanol–water partition coefficient (Wildman–Crippen LogP) is 3.87. The molecule has 1 unspecified atom stereocenters. The summed E-state index contributed by atoms with van der Waals surface area (Å²) in [5.41, 5.74) is 10.1. The van der Waals surface area contributed by atoms with E-state index in [1.54, 1.807) is 18.5 Å². The van der Waals surface area contributed by atoms with E-state index in [4.69, 9.17) is 5.73 Å². The molecule has 1 atom stereocenters. The lowest BCUT2D eigenvalue weighted by Gasteiger charge is -2.22. The topological polar surface area (TPSA) is 117 Å². The van der Waals surface area contributed by atoms with E-state index in [0.717, 1.165) is 34.9 Å². The highest BCUT2D eigenvalue weighted by molar-refractivity contribution is 7.90. The molecule has 3 aromatic rings. The molecule has 2 aromatic carbocycles. The third-order valence-electron chi connectivity index (χ3n) is 6.32. The van der Waals surface area contributed by atoms with Crippen LogP contribution in [0, 0.1) is 0 Å². The van der Waals surface area contributed by atoms with Crippen LogP contribution in [0.5, 0.6) is 0 Å². The summed E-state index contributed by atoms with van der Waals surface area (Å²) in [5.74, 6) is 0.795. The molecule has 8 nitrogen and oxygen atoms in total. The van der Waals surface area contributed by atoms with Crippen LogP contribution in [0.3, 0.4) is 0 Å². The Kier molecular flexibility index (Phi) is 8.45. The molecule has 194 valence electrons. The summed E-state index contributed by atoms with van der Waals surface area (Å²) < 4.78 is 12.8. The van der Waals surface area contributed by atoms with Crippen molar-refractivity contribution < 1.29 is 9.35 Å². The first-order valence-electron chi connectivity index (χ1n) is 12.6. The Balaban J connectivity index is 1.66. The van der Waals surface area contributed by atoms with Gasteiger partial charge >= 0.3 is 0 Å². The number of aryl methyl sites for hydroxylation is 1. The van der Waals surface area contributed by atoms with Gasteiger partial charge in [-0.2, -0.15) is 5.10 Å². The number of nitrogens with two attached hydrogens (primary N) is 1. The molecular weight excluding hydrogens is 486 g/mol. The van der Waals surface area contributed by atoms with Gasteiger partial charge in [-0.05, 0) is 48.2 Å². The largest absolute Gasteiger partial charge is 0.617 e. The Bertz CT molecular complexity index is 1420. The monoisotopic (exact) mass is 519 g/mol. The minimum Gasteiger partial charge on any atom is -0.617 e. The number of aliphatic imine (C=N–C) groups is 1. The van der Waals surface area contributed by atoms with Gasteiger partial charge in [0.15, 0.2) is 0 Å². The Labute approximate surface area is 220 Å². The Hall–Kier alpha value is -3.43. The van der Waals surface area contributed by atoms with E-state index in [1.807, 2.05) is 41.3 Å². The first-order chi connectivity index (χ1) is 17.8. The number of carbonyl (C=O) groups excluding carboxylic acids is 1. The number of amides is 1. The lowest BCUT2D eigenvalue weighted by Crippen LogP contribution is -2.34. The first kappa shape index (κ1) is 26.6. The summed E-state index contributed by atoms with van der Waals surface area (Å²) in [4.78, 5) is 32.5. The van der Waals surface area contributed by atoms with E-state index in [2.05, 4.69) is 23.9 Å². The standard InChI is InChI=1S/C28H33N5O3S/c1-4-10-32(11-5-2)27(34)22-15-21-7-6-20(16-25(21)31-26(29)17-22)19-8-9-24-23(14-19)18-30-33(28(24)35)12-13-37(3)36/h6-9,14-16,18H,4-5,10-13,17H2,1-3H3,(H2,29,31). The van der Waals surface area contributed by atoms with Gasteiger partial charge in [-0.3, -0.25) is 9.59 Å². The molecule has 1 amide bonds. The molecule has 0 bridgehead atoms. The van der Waals surface area contributed by atoms with Gasteiger partial charge in [-0.25, -0.2) is 9.67 Å². The second-order valence-electron chi connectivity index (χ2n) is 9.27. The zero-order valence-electron chi connectivity index (χ0n) is 21.6. The van der Waals surface area contributed by atoms with Crippen LogP contribution in [0.4, 0.5) is 5.69 Å². The van der Waals surface area contributed by atoms with E-state index in [0.29, 0.717) is 54.3 Å². The third-order valence-corrected chi connectivity index (χ3v) is 7.08. The molecule has 9 heteroatoms. The SMILES string of the molecule is CCCN(CCC)C(=O)C1=Cc2ccc(-c3ccc4c(=O)n(CC[S+](C)[O-])ncc4c3)cc2N=C(N)C1. The minimum absolute atomic E-state index is 0.0108.